The summed E-state index contributed by atoms with van der Waals surface area (Å²) in [5.74, 6) is -1.80. The Balaban J connectivity index is 1.45. The number of unbranched alkanes of at least 4 members (excludes halogenated alkanes) is 1. The number of hydrogen-bond acceptors (Lipinski definition) is 0. The van der Waals surface area contributed by atoms with Gasteiger partial charge in [0.15, 0.2) is 11.6 Å². The Kier molecular flexibility index (Phi) is 8.64. The highest BCUT2D eigenvalue weighted by molar-refractivity contribution is 5.72. The van der Waals surface area contributed by atoms with Crippen molar-refractivity contribution in [1.29, 1.82) is 0 Å². The van der Waals surface area contributed by atoms with Crippen molar-refractivity contribution in [3.8, 4) is 22.3 Å². The maximum Gasteiger partial charge on any atom is 0.167 e. The van der Waals surface area contributed by atoms with Gasteiger partial charge < -0.3 is 0 Å². The molecule has 0 radical (unpaired) electrons. The molecular formula is C33H33F3. The lowest BCUT2D eigenvalue weighted by Gasteiger charge is -2.11. The third kappa shape index (κ3) is 6.07. The molecule has 0 heterocycles. The zero-order valence-electron chi connectivity index (χ0n) is 21.1. The Labute approximate surface area is 212 Å². The van der Waals surface area contributed by atoms with Gasteiger partial charge in [-0.15, -0.1) is 0 Å². The lowest BCUT2D eigenvalue weighted by Crippen LogP contribution is -1.97. The van der Waals surface area contributed by atoms with Gasteiger partial charge in [0.25, 0.3) is 0 Å². The molecule has 4 rings (SSSR count). The first-order valence-electron chi connectivity index (χ1n) is 12.9. The van der Waals surface area contributed by atoms with Crippen LogP contribution in [0.5, 0.6) is 0 Å². The minimum Gasteiger partial charge on any atom is -0.207 e. The molecular weight excluding hydrogens is 453 g/mol. The number of rotatable bonds is 10. The molecule has 0 atom stereocenters. The number of hydrogen-bond donors (Lipinski definition) is 0. The van der Waals surface area contributed by atoms with Gasteiger partial charge in [0.1, 0.15) is 5.82 Å². The SMILES string of the molecule is CCCCc1ccc(CCc2ccc(-c3ccc(-c4ccc(CCC)cc4)c(F)c3F)cc2)cc1F. The standard InChI is InChI=1S/C33H33F3/c1-3-5-7-28-19-14-25(22-31(28)34)9-8-24-12-17-27(18-13-24)30-21-20-29(32(35)33(30)36)26-15-10-23(6-4-2)11-16-26/h10-22H,3-9H2,1-2H3. The van der Waals surface area contributed by atoms with Crippen LogP contribution < -0.4 is 0 Å². The lowest BCUT2D eigenvalue weighted by molar-refractivity contribution is 0.514. The summed E-state index contributed by atoms with van der Waals surface area (Å²) in [6, 6.07) is 24.0. The van der Waals surface area contributed by atoms with Crippen molar-refractivity contribution in [2.45, 2.75) is 58.8 Å². The van der Waals surface area contributed by atoms with Crippen molar-refractivity contribution < 1.29 is 13.2 Å². The van der Waals surface area contributed by atoms with Crippen molar-refractivity contribution in [3.05, 3.63) is 119 Å². The molecule has 0 unspecified atom stereocenters. The van der Waals surface area contributed by atoms with Gasteiger partial charge in [-0.2, -0.15) is 0 Å². The minimum atomic E-state index is -0.837. The average molecular weight is 487 g/mol. The molecule has 0 aliphatic heterocycles. The van der Waals surface area contributed by atoms with Crippen molar-refractivity contribution in [3.63, 3.8) is 0 Å². The highest BCUT2D eigenvalue weighted by Crippen LogP contribution is 2.32. The zero-order chi connectivity index (χ0) is 25.5. The Morgan fingerprint density at radius 2 is 1.00 bits per heavy atom. The molecule has 0 N–H and O–H groups in total. The Morgan fingerprint density at radius 3 is 1.50 bits per heavy atom. The third-order valence-corrected chi connectivity index (χ3v) is 6.77. The smallest absolute Gasteiger partial charge is 0.167 e. The molecule has 4 aromatic carbocycles. The van der Waals surface area contributed by atoms with Crippen molar-refractivity contribution >= 4 is 0 Å². The summed E-state index contributed by atoms with van der Waals surface area (Å²) in [5, 5.41) is 0. The predicted octanol–water partition coefficient (Wildman–Crippen LogP) is 9.52. The van der Waals surface area contributed by atoms with E-state index in [1.807, 2.05) is 60.7 Å². The van der Waals surface area contributed by atoms with Gasteiger partial charge in [-0.3, -0.25) is 0 Å². The number of halogens is 3. The highest BCUT2D eigenvalue weighted by Gasteiger charge is 2.16. The molecule has 186 valence electrons. The highest BCUT2D eigenvalue weighted by atomic mass is 19.2. The molecule has 3 heteroatoms. The maximum atomic E-state index is 15.0. The van der Waals surface area contributed by atoms with Crippen LogP contribution in [-0.2, 0) is 25.7 Å². The van der Waals surface area contributed by atoms with E-state index in [4.69, 9.17) is 0 Å². The fraction of sp³-hybridized carbons (Fsp3) is 0.273. The van der Waals surface area contributed by atoms with E-state index in [1.165, 1.54) is 5.56 Å². The van der Waals surface area contributed by atoms with Crippen LogP contribution in [0.15, 0.2) is 78.9 Å². The third-order valence-electron chi connectivity index (χ3n) is 6.77. The number of benzene rings is 4. The van der Waals surface area contributed by atoms with E-state index in [0.29, 0.717) is 11.1 Å². The molecule has 36 heavy (non-hydrogen) atoms. The second kappa shape index (κ2) is 12.1. The fourth-order valence-corrected chi connectivity index (χ4v) is 4.59. The van der Waals surface area contributed by atoms with E-state index >= 15 is 4.39 Å². The topological polar surface area (TPSA) is 0 Å². The molecule has 0 fully saturated rings. The first-order chi connectivity index (χ1) is 17.5. The van der Waals surface area contributed by atoms with Gasteiger partial charge in [0.05, 0.1) is 0 Å². The first-order valence-corrected chi connectivity index (χ1v) is 12.9. The molecule has 0 bridgehead atoms. The summed E-state index contributed by atoms with van der Waals surface area (Å²) in [4.78, 5) is 0. The van der Waals surface area contributed by atoms with Gasteiger partial charge >= 0.3 is 0 Å². The molecule has 0 saturated heterocycles. The summed E-state index contributed by atoms with van der Waals surface area (Å²) < 4.78 is 44.4. The fourth-order valence-electron chi connectivity index (χ4n) is 4.59. The van der Waals surface area contributed by atoms with E-state index in [0.717, 1.165) is 61.6 Å². The van der Waals surface area contributed by atoms with Crippen LogP contribution in [0.4, 0.5) is 13.2 Å². The molecule has 0 amide bonds. The van der Waals surface area contributed by atoms with Gasteiger partial charge in [-0.1, -0.05) is 99.5 Å². The molecule has 0 spiro atoms. The molecule has 0 aromatic heterocycles. The maximum absolute atomic E-state index is 15.0. The molecule has 0 saturated carbocycles. The summed E-state index contributed by atoms with van der Waals surface area (Å²) in [6.45, 7) is 4.22. The summed E-state index contributed by atoms with van der Waals surface area (Å²) in [7, 11) is 0. The lowest BCUT2D eigenvalue weighted by atomic mass is 9.96. The largest absolute Gasteiger partial charge is 0.207 e. The summed E-state index contributed by atoms with van der Waals surface area (Å²) >= 11 is 0. The minimum absolute atomic E-state index is 0.130. The molecule has 0 nitrogen and oxygen atoms in total. The predicted molar refractivity (Wildman–Crippen MR) is 144 cm³/mol. The second-order valence-corrected chi connectivity index (χ2v) is 9.46. The van der Waals surface area contributed by atoms with Crippen molar-refractivity contribution in [1.82, 2.24) is 0 Å². The quantitative estimate of drug-likeness (QED) is 0.209. The van der Waals surface area contributed by atoms with Crippen LogP contribution in [0, 0.1) is 17.5 Å². The zero-order valence-corrected chi connectivity index (χ0v) is 21.1. The van der Waals surface area contributed by atoms with Gasteiger partial charge in [0.2, 0.25) is 0 Å². The van der Waals surface area contributed by atoms with Crippen LogP contribution in [0.3, 0.4) is 0 Å². The van der Waals surface area contributed by atoms with E-state index in [2.05, 4.69) is 13.8 Å². The second-order valence-electron chi connectivity index (χ2n) is 9.46. The first kappa shape index (κ1) is 25.8. The van der Waals surface area contributed by atoms with Crippen LogP contribution in [0.25, 0.3) is 22.3 Å². The normalized spacial score (nSPS) is 11.1. The molecule has 0 aliphatic rings. The van der Waals surface area contributed by atoms with E-state index in [9.17, 15) is 8.78 Å². The van der Waals surface area contributed by atoms with Gasteiger partial charge in [0, 0.05) is 11.1 Å². The van der Waals surface area contributed by atoms with Crippen LogP contribution in [-0.4, -0.2) is 0 Å². The Morgan fingerprint density at radius 1 is 0.500 bits per heavy atom. The monoisotopic (exact) mass is 486 g/mol. The molecule has 4 aromatic rings. The molecule has 0 aliphatic carbocycles. The van der Waals surface area contributed by atoms with Crippen LogP contribution in [0.2, 0.25) is 0 Å². The van der Waals surface area contributed by atoms with E-state index in [1.54, 1.807) is 18.2 Å². The summed E-state index contributed by atoms with van der Waals surface area (Å²) in [5.41, 5.74) is 5.81. The van der Waals surface area contributed by atoms with Crippen molar-refractivity contribution in [2.24, 2.45) is 0 Å². The van der Waals surface area contributed by atoms with Crippen molar-refractivity contribution in [2.75, 3.05) is 0 Å². The Bertz CT molecular complexity index is 1290. The van der Waals surface area contributed by atoms with Gasteiger partial charge in [-0.25, -0.2) is 13.2 Å². The van der Waals surface area contributed by atoms with Crippen LogP contribution >= 0.6 is 0 Å². The van der Waals surface area contributed by atoms with Crippen LogP contribution in [0.1, 0.15) is 55.4 Å². The summed E-state index contributed by atoms with van der Waals surface area (Å²) in [6.07, 6.45) is 6.28. The number of aryl methyl sites for hydroxylation is 4. The van der Waals surface area contributed by atoms with E-state index < -0.39 is 11.6 Å². The van der Waals surface area contributed by atoms with E-state index in [-0.39, 0.29) is 16.9 Å². The van der Waals surface area contributed by atoms with Gasteiger partial charge in [-0.05, 0) is 71.6 Å². The average Bonchev–Trinajstić information content (AvgIpc) is 2.90. The Hall–Kier alpha value is -3.33.